The number of Topliss-reactive ketones (excluding diaryl/α,β-unsaturated/α-hetero) is 1. The number of aryl methyl sites for hydroxylation is 1. The van der Waals surface area contributed by atoms with Gasteiger partial charge in [-0.05, 0) is 61.0 Å². The zero-order valence-electron chi connectivity index (χ0n) is 20.4. The maximum atomic E-state index is 14.9. The van der Waals surface area contributed by atoms with E-state index in [9.17, 15) is 13.6 Å². The van der Waals surface area contributed by atoms with Crippen molar-refractivity contribution >= 4 is 11.5 Å². The summed E-state index contributed by atoms with van der Waals surface area (Å²) in [5.74, 6) is -1.28. The number of hydrogen-bond donors (Lipinski definition) is 0. The van der Waals surface area contributed by atoms with E-state index < -0.39 is 11.6 Å². The summed E-state index contributed by atoms with van der Waals surface area (Å²) in [5, 5.41) is 4.22. The van der Waals surface area contributed by atoms with E-state index in [2.05, 4.69) is 20.1 Å². The van der Waals surface area contributed by atoms with Gasteiger partial charge in [-0.1, -0.05) is 24.2 Å². The molecule has 0 amide bonds. The molecule has 1 unspecified atom stereocenters. The van der Waals surface area contributed by atoms with Gasteiger partial charge in [0.05, 0.1) is 23.3 Å². The molecule has 0 spiro atoms. The lowest BCUT2D eigenvalue weighted by atomic mass is 9.94. The second-order valence-corrected chi connectivity index (χ2v) is 9.13. The summed E-state index contributed by atoms with van der Waals surface area (Å²) >= 11 is 0. The van der Waals surface area contributed by atoms with E-state index in [0.29, 0.717) is 34.8 Å². The number of carbonyl (C=O) groups is 1. The number of hydrogen-bond acceptors (Lipinski definition) is 6. The Labute approximate surface area is 213 Å². The van der Waals surface area contributed by atoms with Crippen LogP contribution in [-0.2, 0) is 4.84 Å². The highest BCUT2D eigenvalue weighted by Crippen LogP contribution is 2.31. The van der Waals surface area contributed by atoms with Crippen LogP contribution in [0.15, 0.2) is 78.2 Å². The Balaban J connectivity index is 1.48. The van der Waals surface area contributed by atoms with Crippen LogP contribution in [0.4, 0.5) is 8.78 Å². The van der Waals surface area contributed by atoms with Gasteiger partial charge in [0.2, 0.25) is 0 Å². The Morgan fingerprint density at radius 3 is 2.62 bits per heavy atom. The van der Waals surface area contributed by atoms with Crippen molar-refractivity contribution in [3.8, 4) is 11.3 Å². The smallest absolute Gasteiger partial charge is 0.175 e. The van der Waals surface area contributed by atoms with Crippen molar-refractivity contribution in [1.29, 1.82) is 0 Å². The standard InChI is InChI=1S/C29H24F2N4O2/c1-17-6-8-21(22(31)11-17)25-13-19(28(36)12-18(2)23-9-7-20(30)16-33-23)14-26(34-25)27-15-29(37-35-27)24-5-3-4-10-32-24/h3-11,13-14,16,18,29H,12,15H2,1-2H3/t18-,29?/m0/s1. The quantitative estimate of drug-likeness (QED) is 0.277. The first kappa shape index (κ1) is 24.4. The number of benzene rings is 1. The number of aromatic nitrogens is 3. The topological polar surface area (TPSA) is 77.3 Å². The van der Waals surface area contributed by atoms with Gasteiger partial charge in [0.25, 0.3) is 0 Å². The van der Waals surface area contributed by atoms with Crippen LogP contribution in [-0.4, -0.2) is 26.4 Å². The summed E-state index contributed by atoms with van der Waals surface area (Å²) in [6, 6.07) is 16.6. The number of rotatable bonds is 7. The molecule has 5 rings (SSSR count). The number of carbonyl (C=O) groups excluding carboxylic acids is 1. The van der Waals surface area contributed by atoms with Crippen molar-refractivity contribution in [2.75, 3.05) is 0 Å². The molecule has 1 aromatic carbocycles. The highest BCUT2D eigenvalue weighted by molar-refractivity contribution is 6.04. The third kappa shape index (κ3) is 5.43. The number of ketones is 1. The van der Waals surface area contributed by atoms with Crippen molar-refractivity contribution < 1.29 is 18.4 Å². The molecule has 37 heavy (non-hydrogen) atoms. The predicted octanol–water partition coefficient (Wildman–Crippen LogP) is 6.37. The summed E-state index contributed by atoms with van der Waals surface area (Å²) in [6.45, 7) is 3.66. The average molecular weight is 499 g/mol. The molecule has 2 atom stereocenters. The van der Waals surface area contributed by atoms with Crippen molar-refractivity contribution in [3.63, 3.8) is 0 Å². The van der Waals surface area contributed by atoms with Gasteiger partial charge in [-0.25, -0.2) is 13.8 Å². The predicted molar refractivity (Wildman–Crippen MR) is 135 cm³/mol. The summed E-state index contributed by atoms with van der Waals surface area (Å²) in [4.78, 5) is 32.1. The van der Waals surface area contributed by atoms with Crippen molar-refractivity contribution in [2.45, 2.75) is 38.7 Å². The Bertz CT molecular complexity index is 1470. The largest absolute Gasteiger partial charge is 0.385 e. The number of oxime groups is 1. The van der Waals surface area contributed by atoms with E-state index in [1.807, 2.05) is 25.1 Å². The molecule has 0 fully saturated rings. The number of pyridine rings is 3. The highest BCUT2D eigenvalue weighted by atomic mass is 19.1. The molecule has 0 radical (unpaired) electrons. The van der Waals surface area contributed by atoms with E-state index in [1.54, 1.807) is 43.5 Å². The van der Waals surface area contributed by atoms with Crippen LogP contribution in [0.25, 0.3) is 11.3 Å². The van der Waals surface area contributed by atoms with Crippen molar-refractivity contribution in [1.82, 2.24) is 15.0 Å². The van der Waals surface area contributed by atoms with Gasteiger partial charge in [-0.15, -0.1) is 0 Å². The van der Waals surface area contributed by atoms with Crippen LogP contribution < -0.4 is 0 Å². The van der Waals surface area contributed by atoms with E-state index in [0.717, 1.165) is 17.5 Å². The molecule has 0 bridgehead atoms. The minimum atomic E-state index is -0.436. The van der Waals surface area contributed by atoms with Gasteiger partial charge in [0.1, 0.15) is 17.3 Å². The highest BCUT2D eigenvalue weighted by Gasteiger charge is 2.27. The minimum Gasteiger partial charge on any atom is -0.385 e. The molecule has 0 saturated heterocycles. The van der Waals surface area contributed by atoms with Gasteiger partial charge in [0, 0.05) is 41.8 Å². The van der Waals surface area contributed by atoms with Crippen molar-refractivity contribution in [3.05, 3.63) is 113 Å². The van der Waals surface area contributed by atoms with E-state index in [4.69, 9.17) is 4.84 Å². The second kappa shape index (κ2) is 10.3. The fourth-order valence-electron chi connectivity index (χ4n) is 4.24. The van der Waals surface area contributed by atoms with Crippen LogP contribution in [0.5, 0.6) is 0 Å². The van der Waals surface area contributed by atoms with E-state index in [-0.39, 0.29) is 29.8 Å². The third-order valence-corrected chi connectivity index (χ3v) is 6.28. The van der Waals surface area contributed by atoms with Crippen LogP contribution in [0.1, 0.15) is 64.8 Å². The zero-order chi connectivity index (χ0) is 25.9. The maximum Gasteiger partial charge on any atom is 0.175 e. The Kier molecular flexibility index (Phi) is 6.81. The molecule has 8 heteroatoms. The maximum absolute atomic E-state index is 14.9. The summed E-state index contributed by atoms with van der Waals surface area (Å²) in [6.07, 6.45) is 2.99. The molecule has 6 nitrogen and oxygen atoms in total. The Morgan fingerprint density at radius 1 is 1.05 bits per heavy atom. The van der Waals surface area contributed by atoms with Gasteiger partial charge >= 0.3 is 0 Å². The second-order valence-electron chi connectivity index (χ2n) is 9.13. The van der Waals surface area contributed by atoms with Gasteiger partial charge in [0.15, 0.2) is 11.9 Å². The van der Waals surface area contributed by atoms with Crippen LogP contribution in [0.2, 0.25) is 0 Å². The summed E-state index contributed by atoms with van der Waals surface area (Å²) in [5.41, 5.74) is 4.10. The molecular weight excluding hydrogens is 474 g/mol. The lowest BCUT2D eigenvalue weighted by Gasteiger charge is -2.13. The SMILES string of the molecule is Cc1ccc(-c2cc(C(=O)C[C@H](C)c3ccc(F)cn3)cc(C3=NOC(c4ccccn4)C3)n2)c(F)c1. The third-order valence-electron chi connectivity index (χ3n) is 6.28. The van der Waals surface area contributed by atoms with Gasteiger partial charge < -0.3 is 4.84 Å². The molecular formula is C29H24F2N4O2. The lowest BCUT2D eigenvalue weighted by molar-refractivity contribution is 0.0826. The zero-order valence-corrected chi connectivity index (χ0v) is 20.4. The Morgan fingerprint density at radius 2 is 1.89 bits per heavy atom. The van der Waals surface area contributed by atoms with E-state index >= 15 is 0 Å². The first-order chi connectivity index (χ1) is 17.9. The van der Waals surface area contributed by atoms with Gasteiger partial charge in [-0.2, -0.15) is 0 Å². The van der Waals surface area contributed by atoms with Crippen LogP contribution >= 0.6 is 0 Å². The van der Waals surface area contributed by atoms with Crippen molar-refractivity contribution in [2.24, 2.45) is 5.16 Å². The fourth-order valence-corrected chi connectivity index (χ4v) is 4.24. The monoisotopic (exact) mass is 498 g/mol. The Hall–Kier alpha value is -4.33. The molecule has 4 heterocycles. The molecule has 4 aromatic rings. The fraction of sp³-hybridized carbons (Fsp3) is 0.207. The average Bonchev–Trinajstić information content (AvgIpc) is 3.40. The summed E-state index contributed by atoms with van der Waals surface area (Å²) < 4.78 is 28.2. The van der Waals surface area contributed by atoms with Gasteiger partial charge in [-0.3, -0.25) is 14.8 Å². The minimum absolute atomic E-state index is 0.136. The molecule has 0 aliphatic carbocycles. The van der Waals surface area contributed by atoms with Crippen LogP contribution in [0.3, 0.4) is 0 Å². The summed E-state index contributed by atoms with van der Waals surface area (Å²) in [7, 11) is 0. The normalized spacial score (nSPS) is 15.7. The first-order valence-electron chi connectivity index (χ1n) is 11.9. The first-order valence-corrected chi connectivity index (χ1v) is 11.9. The molecule has 0 saturated carbocycles. The van der Waals surface area contributed by atoms with E-state index in [1.165, 1.54) is 12.1 Å². The molecule has 1 aliphatic rings. The lowest BCUT2D eigenvalue weighted by Crippen LogP contribution is -2.11. The molecule has 3 aromatic heterocycles. The number of halogens is 2. The van der Waals surface area contributed by atoms with Crippen LogP contribution in [0, 0.1) is 18.6 Å². The molecule has 186 valence electrons. The number of nitrogens with zero attached hydrogens (tertiary/aromatic N) is 4. The molecule has 0 N–H and O–H groups in total. The molecule has 1 aliphatic heterocycles.